The van der Waals surface area contributed by atoms with Gasteiger partial charge in [-0.15, -0.1) is 0 Å². The normalized spacial score (nSPS) is 25.3. The van der Waals surface area contributed by atoms with Crippen LogP contribution in [0.2, 0.25) is 0 Å². The maximum Gasteiger partial charge on any atom is 0.225 e. The second kappa shape index (κ2) is 8.63. The highest BCUT2D eigenvalue weighted by Gasteiger charge is 2.39. The summed E-state index contributed by atoms with van der Waals surface area (Å²) >= 11 is 0. The zero-order valence-corrected chi connectivity index (χ0v) is 15.9. The second-order valence-corrected chi connectivity index (χ2v) is 8.08. The third-order valence-corrected chi connectivity index (χ3v) is 6.52. The van der Waals surface area contributed by atoms with Crippen molar-refractivity contribution in [3.05, 3.63) is 18.5 Å². The Labute approximate surface area is 157 Å². The van der Waals surface area contributed by atoms with E-state index in [4.69, 9.17) is 4.74 Å². The lowest BCUT2D eigenvalue weighted by atomic mass is 9.79. The summed E-state index contributed by atoms with van der Waals surface area (Å²) in [6.07, 6.45) is 12.9. The van der Waals surface area contributed by atoms with E-state index in [9.17, 15) is 0 Å². The van der Waals surface area contributed by atoms with Crippen molar-refractivity contribution in [2.24, 2.45) is 0 Å². The van der Waals surface area contributed by atoms with E-state index in [1.807, 2.05) is 18.5 Å². The van der Waals surface area contributed by atoms with Gasteiger partial charge in [-0.3, -0.25) is 4.90 Å². The molecule has 2 saturated heterocycles. The van der Waals surface area contributed by atoms with Crippen LogP contribution < -0.4 is 10.2 Å². The summed E-state index contributed by atoms with van der Waals surface area (Å²) in [5.74, 6) is 0.878. The Bertz CT molecular complexity index is 534. The van der Waals surface area contributed by atoms with E-state index in [-0.39, 0.29) is 0 Å². The molecule has 3 fully saturated rings. The smallest absolute Gasteiger partial charge is 0.225 e. The fourth-order valence-electron chi connectivity index (χ4n) is 4.92. The molecule has 0 bridgehead atoms. The predicted octanol–water partition coefficient (Wildman–Crippen LogP) is 2.07. The summed E-state index contributed by atoms with van der Waals surface area (Å²) in [6, 6.07) is 2.50. The lowest BCUT2D eigenvalue weighted by Gasteiger charge is -2.49. The van der Waals surface area contributed by atoms with Crippen LogP contribution in [-0.2, 0) is 4.74 Å². The zero-order chi connectivity index (χ0) is 17.7. The van der Waals surface area contributed by atoms with Gasteiger partial charge in [-0.05, 0) is 31.7 Å². The molecule has 0 amide bonds. The molecule has 6 heteroatoms. The Balaban J connectivity index is 1.31. The van der Waals surface area contributed by atoms with Gasteiger partial charge in [0.2, 0.25) is 5.95 Å². The number of hydrogen-bond donors (Lipinski definition) is 1. The molecule has 0 unspecified atom stereocenters. The molecule has 4 rings (SSSR count). The van der Waals surface area contributed by atoms with Gasteiger partial charge in [-0.25, -0.2) is 9.97 Å². The zero-order valence-electron chi connectivity index (χ0n) is 15.9. The Morgan fingerprint density at radius 3 is 2.38 bits per heavy atom. The van der Waals surface area contributed by atoms with Gasteiger partial charge in [-0.2, -0.15) is 0 Å². The summed E-state index contributed by atoms with van der Waals surface area (Å²) in [4.78, 5) is 13.8. The molecule has 0 radical (unpaired) electrons. The van der Waals surface area contributed by atoms with Gasteiger partial charge in [0.1, 0.15) is 0 Å². The van der Waals surface area contributed by atoms with Crippen molar-refractivity contribution in [2.45, 2.75) is 56.5 Å². The number of rotatable bonds is 5. The van der Waals surface area contributed by atoms with E-state index in [1.54, 1.807) is 0 Å². The first-order valence-electron chi connectivity index (χ1n) is 10.4. The van der Waals surface area contributed by atoms with Crippen molar-refractivity contribution in [1.82, 2.24) is 20.2 Å². The number of piperidine rings is 1. The van der Waals surface area contributed by atoms with Crippen LogP contribution in [0.3, 0.4) is 0 Å². The van der Waals surface area contributed by atoms with Crippen LogP contribution in [0.5, 0.6) is 0 Å². The fraction of sp³-hybridized carbons (Fsp3) is 0.800. The Kier molecular flexibility index (Phi) is 6.02. The number of hydrogen-bond acceptors (Lipinski definition) is 6. The van der Waals surface area contributed by atoms with Gasteiger partial charge >= 0.3 is 0 Å². The highest BCUT2D eigenvalue weighted by atomic mass is 16.5. The number of aromatic nitrogens is 2. The van der Waals surface area contributed by atoms with E-state index < -0.39 is 0 Å². The van der Waals surface area contributed by atoms with E-state index >= 15 is 0 Å². The number of nitrogens with zero attached hydrogens (tertiary/aromatic N) is 4. The monoisotopic (exact) mass is 359 g/mol. The molecule has 26 heavy (non-hydrogen) atoms. The van der Waals surface area contributed by atoms with Crippen molar-refractivity contribution >= 4 is 5.95 Å². The number of anilines is 1. The summed E-state index contributed by atoms with van der Waals surface area (Å²) in [7, 11) is 0. The molecule has 3 aliphatic rings. The van der Waals surface area contributed by atoms with Crippen LogP contribution in [0.1, 0.15) is 44.9 Å². The lowest BCUT2D eigenvalue weighted by molar-refractivity contribution is -0.0379. The van der Waals surface area contributed by atoms with E-state index in [2.05, 4.69) is 25.1 Å². The summed E-state index contributed by atoms with van der Waals surface area (Å²) in [6.45, 7) is 7.24. The van der Waals surface area contributed by atoms with E-state index in [1.165, 1.54) is 44.9 Å². The quantitative estimate of drug-likeness (QED) is 0.869. The molecule has 1 aliphatic carbocycles. The second-order valence-electron chi connectivity index (χ2n) is 8.08. The van der Waals surface area contributed by atoms with Crippen LogP contribution >= 0.6 is 0 Å². The summed E-state index contributed by atoms with van der Waals surface area (Å²) in [5, 5.41) is 3.95. The largest absolute Gasteiger partial charge is 0.379 e. The van der Waals surface area contributed by atoms with Crippen molar-refractivity contribution in [3.8, 4) is 0 Å². The van der Waals surface area contributed by atoms with Crippen molar-refractivity contribution in [1.29, 1.82) is 0 Å². The Morgan fingerprint density at radius 1 is 1.00 bits per heavy atom. The molecule has 144 valence electrons. The van der Waals surface area contributed by atoms with Crippen LogP contribution in [0.4, 0.5) is 5.95 Å². The molecule has 0 aromatic carbocycles. The van der Waals surface area contributed by atoms with Crippen LogP contribution in [-0.4, -0.2) is 72.4 Å². The number of nitrogens with one attached hydrogen (secondary N) is 1. The molecule has 0 atom stereocenters. The average Bonchev–Trinajstić information content (AvgIpc) is 2.75. The third-order valence-electron chi connectivity index (χ3n) is 6.52. The predicted molar refractivity (Wildman–Crippen MR) is 103 cm³/mol. The molecular formula is C20H33N5O. The molecule has 1 N–H and O–H groups in total. The van der Waals surface area contributed by atoms with Crippen LogP contribution in [0, 0.1) is 0 Å². The topological polar surface area (TPSA) is 53.5 Å². The highest BCUT2D eigenvalue weighted by Crippen LogP contribution is 2.34. The first-order chi connectivity index (χ1) is 12.9. The van der Waals surface area contributed by atoms with E-state index in [0.717, 1.165) is 51.9 Å². The molecule has 2 aliphatic heterocycles. The minimum atomic E-state index is 0.363. The van der Waals surface area contributed by atoms with Gasteiger partial charge in [-0.1, -0.05) is 19.3 Å². The molecule has 1 aromatic heterocycles. The summed E-state index contributed by atoms with van der Waals surface area (Å²) < 4.78 is 5.60. The molecule has 1 aromatic rings. The highest BCUT2D eigenvalue weighted by molar-refractivity contribution is 5.29. The Morgan fingerprint density at radius 2 is 1.69 bits per heavy atom. The molecule has 0 spiro atoms. The molecule has 3 heterocycles. The SMILES string of the molecule is c1cnc(N2CCC(NCC3(N4CCOCC4)CCCCC3)CC2)nc1. The van der Waals surface area contributed by atoms with Crippen LogP contribution in [0.15, 0.2) is 18.5 Å². The molecule has 6 nitrogen and oxygen atoms in total. The fourth-order valence-corrected chi connectivity index (χ4v) is 4.92. The molecule has 1 saturated carbocycles. The van der Waals surface area contributed by atoms with Crippen molar-refractivity contribution in [2.75, 3.05) is 50.8 Å². The third kappa shape index (κ3) is 4.18. The maximum atomic E-state index is 5.60. The van der Waals surface area contributed by atoms with Gasteiger partial charge in [0.25, 0.3) is 0 Å². The van der Waals surface area contributed by atoms with Gasteiger partial charge in [0, 0.05) is 56.7 Å². The summed E-state index contributed by atoms with van der Waals surface area (Å²) in [5.41, 5.74) is 0.363. The van der Waals surface area contributed by atoms with Crippen molar-refractivity contribution in [3.63, 3.8) is 0 Å². The minimum absolute atomic E-state index is 0.363. The lowest BCUT2D eigenvalue weighted by Crippen LogP contribution is -2.60. The standard InChI is InChI=1S/C20H33N5O/c1-2-7-20(8-3-1,25-13-15-26-16-14-25)17-23-18-5-11-24(12-6-18)19-21-9-4-10-22-19/h4,9-10,18,23H,1-3,5-8,11-17H2. The first-order valence-corrected chi connectivity index (χ1v) is 10.4. The van der Waals surface area contributed by atoms with E-state index in [0.29, 0.717) is 11.6 Å². The number of morpholine rings is 1. The van der Waals surface area contributed by atoms with Crippen LogP contribution in [0.25, 0.3) is 0 Å². The van der Waals surface area contributed by atoms with Gasteiger partial charge < -0.3 is 15.0 Å². The molecular weight excluding hydrogens is 326 g/mol. The maximum absolute atomic E-state index is 5.60. The number of ether oxygens (including phenoxy) is 1. The van der Waals surface area contributed by atoms with Crippen molar-refractivity contribution < 1.29 is 4.74 Å². The average molecular weight is 360 g/mol. The minimum Gasteiger partial charge on any atom is -0.379 e. The Hall–Kier alpha value is -1.24. The van der Waals surface area contributed by atoms with Gasteiger partial charge in [0.15, 0.2) is 0 Å². The first kappa shape index (κ1) is 18.1. The van der Waals surface area contributed by atoms with Gasteiger partial charge in [0.05, 0.1) is 13.2 Å².